The second-order valence-electron chi connectivity index (χ2n) is 4.18. The molecule has 1 unspecified atom stereocenters. The van der Waals surface area contributed by atoms with Crippen molar-refractivity contribution in [3.05, 3.63) is 34.9 Å². The van der Waals surface area contributed by atoms with Crippen LogP contribution in [0, 0.1) is 0 Å². The van der Waals surface area contributed by atoms with E-state index in [1.807, 2.05) is 0 Å². The normalized spacial score (nSPS) is 12.7. The summed E-state index contributed by atoms with van der Waals surface area (Å²) in [5, 5.41) is 13.2. The van der Waals surface area contributed by atoms with Gasteiger partial charge in [0, 0.05) is 17.3 Å². The highest BCUT2D eigenvalue weighted by Gasteiger charge is 2.09. The van der Waals surface area contributed by atoms with Crippen LogP contribution in [0.15, 0.2) is 30.0 Å². The Kier molecular flexibility index (Phi) is 2.93. The van der Waals surface area contributed by atoms with Gasteiger partial charge in [0.1, 0.15) is 12.1 Å². The number of aromatic nitrogens is 4. The van der Waals surface area contributed by atoms with Crippen LogP contribution in [0.5, 0.6) is 0 Å². The van der Waals surface area contributed by atoms with Crippen LogP contribution in [0.2, 0.25) is 0 Å². The topological polar surface area (TPSA) is 66.5 Å². The van der Waals surface area contributed by atoms with Gasteiger partial charge in [0.25, 0.3) is 0 Å². The first-order chi connectivity index (χ1) is 8.83. The summed E-state index contributed by atoms with van der Waals surface area (Å²) in [4.78, 5) is 9.76. The summed E-state index contributed by atoms with van der Waals surface area (Å²) in [6.07, 6.45) is 4.28. The van der Waals surface area contributed by atoms with Crippen LogP contribution in [-0.4, -0.2) is 26.2 Å². The molecule has 0 bridgehead atoms. The Balaban J connectivity index is 1.77. The Morgan fingerprint density at radius 1 is 1.44 bits per heavy atom. The summed E-state index contributed by atoms with van der Waals surface area (Å²) < 4.78 is 0. The molecular weight excluding hydrogens is 246 g/mol. The molecule has 92 valence electrons. The van der Waals surface area contributed by atoms with Crippen molar-refractivity contribution in [3.8, 4) is 0 Å². The molecule has 1 atom stereocenters. The zero-order valence-electron chi connectivity index (χ0n) is 9.92. The summed E-state index contributed by atoms with van der Waals surface area (Å²) in [5.41, 5.74) is 0.760. The standard InChI is InChI=1S/C12H13N5S/c1-8(5-9-3-2-4-18-9)16-11-10-6-15-17-12(10)14-7-13-11/h2-4,6-8H,5H2,1H3,(H2,13,14,15,16,17). The van der Waals surface area contributed by atoms with Gasteiger partial charge in [-0.25, -0.2) is 9.97 Å². The van der Waals surface area contributed by atoms with Gasteiger partial charge in [0.05, 0.1) is 11.6 Å². The molecule has 3 heterocycles. The van der Waals surface area contributed by atoms with Gasteiger partial charge >= 0.3 is 0 Å². The van der Waals surface area contributed by atoms with E-state index in [1.165, 1.54) is 4.88 Å². The minimum absolute atomic E-state index is 0.316. The molecule has 0 amide bonds. The monoisotopic (exact) mass is 259 g/mol. The summed E-state index contributed by atoms with van der Waals surface area (Å²) in [6.45, 7) is 2.15. The fraction of sp³-hybridized carbons (Fsp3) is 0.250. The lowest BCUT2D eigenvalue weighted by molar-refractivity contribution is 0.795. The minimum Gasteiger partial charge on any atom is -0.367 e. The predicted molar refractivity (Wildman–Crippen MR) is 72.8 cm³/mol. The first kappa shape index (κ1) is 11.2. The van der Waals surface area contributed by atoms with Crippen molar-refractivity contribution in [1.82, 2.24) is 20.2 Å². The minimum atomic E-state index is 0.316. The second kappa shape index (κ2) is 4.73. The van der Waals surface area contributed by atoms with Crippen LogP contribution in [0.4, 0.5) is 5.82 Å². The largest absolute Gasteiger partial charge is 0.367 e. The number of nitrogens with one attached hydrogen (secondary N) is 2. The lowest BCUT2D eigenvalue weighted by Crippen LogP contribution is -2.18. The third-order valence-corrected chi connectivity index (χ3v) is 3.62. The fourth-order valence-electron chi connectivity index (χ4n) is 1.89. The van der Waals surface area contributed by atoms with Crippen LogP contribution < -0.4 is 5.32 Å². The van der Waals surface area contributed by atoms with Crippen molar-refractivity contribution in [2.45, 2.75) is 19.4 Å². The van der Waals surface area contributed by atoms with Crippen LogP contribution in [0.1, 0.15) is 11.8 Å². The molecule has 0 spiro atoms. The SMILES string of the molecule is CC(Cc1cccs1)Nc1ncnc2[nH]ncc12. The first-order valence-corrected chi connectivity index (χ1v) is 6.64. The maximum absolute atomic E-state index is 4.27. The van der Waals surface area contributed by atoms with Gasteiger partial charge in [0.15, 0.2) is 5.65 Å². The molecule has 0 saturated heterocycles. The van der Waals surface area contributed by atoms with E-state index in [0.29, 0.717) is 6.04 Å². The number of hydrogen-bond acceptors (Lipinski definition) is 5. The average molecular weight is 259 g/mol. The molecule has 3 rings (SSSR count). The van der Waals surface area contributed by atoms with E-state index in [0.717, 1.165) is 23.3 Å². The number of H-pyrrole nitrogens is 1. The molecule has 0 aliphatic carbocycles. The fourth-order valence-corrected chi connectivity index (χ4v) is 2.73. The summed E-state index contributed by atoms with van der Waals surface area (Å²) in [7, 11) is 0. The number of aromatic amines is 1. The summed E-state index contributed by atoms with van der Waals surface area (Å²) in [5.74, 6) is 0.831. The van der Waals surface area contributed by atoms with Gasteiger partial charge in [-0.1, -0.05) is 6.07 Å². The first-order valence-electron chi connectivity index (χ1n) is 5.76. The highest BCUT2D eigenvalue weighted by Crippen LogP contribution is 2.18. The van der Waals surface area contributed by atoms with Gasteiger partial charge in [-0.05, 0) is 18.4 Å². The second-order valence-corrected chi connectivity index (χ2v) is 5.22. The molecule has 3 aromatic heterocycles. The van der Waals surface area contributed by atoms with Crippen molar-refractivity contribution in [2.24, 2.45) is 0 Å². The van der Waals surface area contributed by atoms with Gasteiger partial charge in [0.2, 0.25) is 0 Å². The van der Waals surface area contributed by atoms with E-state index in [2.05, 4.69) is 49.9 Å². The maximum Gasteiger partial charge on any atom is 0.160 e. The van der Waals surface area contributed by atoms with E-state index in [1.54, 1.807) is 23.9 Å². The van der Waals surface area contributed by atoms with Gasteiger partial charge in [-0.3, -0.25) is 5.10 Å². The van der Waals surface area contributed by atoms with Crippen molar-refractivity contribution >= 4 is 28.2 Å². The zero-order valence-corrected chi connectivity index (χ0v) is 10.7. The third kappa shape index (κ3) is 2.19. The number of anilines is 1. The maximum atomic E-state index is 4.27. The van der Waals surface area contributed by atoms with Gasteiger partial charge in [-0.2, -0.15) is 5.10 Å². The molecular formula is C12H13N5S. The molecule has 3 aromatic rings. The molecule has 5 nitrogen and oxygen atoms in total. The van der Waals surface area contributed by atoms with Gasteiger partial charge in [-0.15, -0.1) is 11.3 Å². The molecule has 0 aliphatic heterocycles. The Labute approximate surface area is 108 Å². The van der Waals surface area contributed by atoms with E-state index in [4.69, 9.17) is 0 Å². The van der Waals surface area contributed by atoms with Crippen molar-refractivity contribution < 1.29 is 0 Å². The Bertz CT molecular complexity index is 631. The third-order valence-electron chi connectivity index (χ3n) is 2.72. The smallest absolute Gasteiger partial charge is 0.160 e. The highest BCUT2D eigenvalue weighted by atomic mass is 32.1. The number of nitrogens with zero attached hydrogens (tertiary/aromatic N) is 3. The Morgan fingerprint density at radius 2 is 2.39 bits per heavy atom. The lowest BCUT2D eigenvalue weighted by Gasteiger charge is -2.13. The molecule has 0 aromatic carbocycles. The van der Waals surface area contributed by atoms with E-state index in [9.17, 15) is 0 Å². The van der Waals surface area contributed by atoms with Crippen LogP contribution in [0.25, 0.3) is 11.0 Å². The number of fused-ring (bicyclic) bond motifs is 1. The van der Waals surface area contributed by atoms with Crippen LogP contribution >= 0.6 is 11.3 Å². The lowest BCUT2D eigenvalue weighted by atomic mass is 10.2. The quantitative estimate of drug-likeness (QED) is 0.755. The number of hydrogen-bond donors (Lipinski definition) is 2. The van der Waals surface area contributed by atoms with Crippen LogP contribution in [0.3, 0.4) is 0 Å². The molecule has 0 fully saturated rings. The van der Waals surface area contributed by atoms with Crippen molar-refractivity contribution in [1.29, 1.82) is 0 Å². The van der Waals surface area contributed by atoms with Crippen molar-refractivity contribution in [2.75, 3.05) is 5.32 Å². The molecule has 0 aliphatic rings. The van der Waals surface area contributed by atoms with Crippen molar-refractivity contribution in [3.63, 3.8) is 0 Å². The van der Waals surface area contributed by atoms with Gasteiger partial charge < -0.3 is 5.32 Å². The van der Waals surface area contributed by atoms with E-state index in [-0.39, 0.29) is 0 Å². The van der Waals surface area contributed by atoms with Crippen LogP contribution in [-0.2, 0) is 6.42 Å². The molecule has 6 heteroatoms. The molecule has 0 radical (unpaired) electrons. The number of rotatable bonds is 4. The van der Waals surface area contributed by atoms with E-state index >= 15 is 0 Å². The molecule has 2 N–H and O–H groups in total. The average Bonchev–Trinajstić information content (AvgIpc) is 2.99. The number of thiophene rings is 1. The van der Waals surface area contributed by atoms with E-state index < -0.39 is 0 Å². The predicted octanol–water partition coefficient (Wildman–Crippen LogP) is 2.46. The summed E-state index contributed by atoms with van der Waals surface area (Å²) in [6, 6.07) is 4.54. The Morgan fingerprint density at radius 3 is 3.22 bits per heavy atom. The highest BCUT2D eigenvalue weighted by molar-refractivity contribution is 7.09. The summed E-state index contributed by atoms with van der Waals surface area (Å²) >= 11 is 1.78. The Hall–Kier alpha value is -1.95. The molecule has 18 heavy (non-hydrogen) atoms. The zero-order chi connectivity index (χ0) is 12.4. The molecule has 0 saturated carbocycles.